The van der Waals surface area contributed by atoms with Crippen LogP contribution in [0.2, 0.25) is 0 Å². The van der Waals surface area contributed by atoms with Crippen LogP contribution in [0.5, 0.6) is 0 Å². The second kappa shape index (κ2) is 11.3. The van der Waals surface area contributed by atoms with Crippen molar-refractivity contribution in [2.45, 2.75) is 141 Å². The number of rotatable bonds is 7. The first-order valence-electron chi connectivity index (χ1n) is 16.7. The first-order valence-corrected chi connectivity index (χ1v) is 18.1. The van der Waals surface area contributed by atoms with Crippen LogP contribution < -0.4 is 0 Å². The molecule has 0 amide bonds. The highest BCUT2D eigenvalue weighted by Gasteiger charge is 2.73. The van der Waals surface area contributed by atoms with Gasteiger partial charge >= 0.3 is 10.1 Å². The Hall–Kier alpha value is -0.590. The predicted octanol–water partition coefficient (Wildman–Crippen LogP) is 4.02. The van der Waals surface area contributed by atoms with Gasteiger partial charge in [0.2, 0.25) is 0 Å². The molecule has 6 N–H and O–H groups in total. The van der Waals surface area contributed by atoms with Crippen molar-refractivity contribution in [3.8, 4) is 0 Å². The van der Waals surface area contributed by atoms with Gasteiger partial charge < -0.3 is 30.3 Å². The monoisotopic (exact) mass is 628 g/mol. The summed E-state index contributed by atoms with van der Waals surface area (Å²) in [6, 6.07) is 0. The summed E-state index contributed by atoms with van der Waals surface area (Å²) in [5.41, 5.74) is 0.379. The van der Waals surface area contributed by atoms with Crippen LogP contribution in [-0.2, 0) is 14.9 Å². The van der Waals surface area contributed by atoms with Crippen molar-refractivity contribution in [2.24, 2.45) is 52.3 Å². The molecule has 0 aromatic carbocycles. The third-order valence-electron chi connectivity index (χ3n) is 13.4. The highest BCUT2D eigenvalue weighted by Crippen LogP contribution is 2.69. The maximum absolute atomic E-state index is 12.4. The fourth-order valence-corrected chi connectivity index (χ4v) is 12.1. The summed E-state index contributed by atoms with van der Waals surface area (Å²) >= 11 is 0. The van der Waals surface area contributed by atoms with Gasteiger partial charge in [-0.1, -0.05) is 65.5 Å². The Labute approximate surface area is 257 Å². The molecule has 1 saturated heterocycles. The van der Waals surface area contributed by atoms with Crippen LogP contribution in [-0.4, -0.2) is 73.6 Å². The van der Waals surface area contributed by atoms with Crippen molar-refractivity contribution in [2.75, 3.05) is 0 Å². The zero-order valence-electron chi connectivity index (χ0n) is 26.8. The molecule has 0 spiro atoms. The molecule has 0 aromatic heterocycles. The van der Waals surface area contributed by atoms with Gasteiger partial charge in [0.1, 0.15) is 6.10 Å². The summed E-state index contributed by atoms with van der Waals surface area (Å²) in [4.78, 5) is -3.47. The molecule has 14 atom stereocenters. The predicted molar refractivity (Wildman–Crippen MR) is 162 cm³/mol. The zero-order chi connectivity index (χ0) is 31.9. The molecule has 43 heavy (non-hydrogen) atoms. The second-order valence-corrected chi connectivity index (χ2v) is 17.6. The Morgan fingerprint density at radius 1 is 1.02 bits per heavy atom. The van der Waals surface area contributed by atoms with Gasteiger partial charge in [-0.25, -0.2) is 0 Å². The van der Waals surface area contributed by atoms with Crippen molar-refractivity contribution in [3.63, 3.8) is 0 Å². The van der Waals surface area contributed by atoms with Gasteiger partial charge in [-0.05, 0) is 98.2 Å². The van der Waals surface area contributed by atoms with E-state index in [0.29, 0.717) is 36.0 Å². The summed E-state index contributed by atoms with van der Waals surface area (Å²) in [5.74, 6) is -0.792. The van der Waals surface area contributed by atoms with Crippen molar-refractivity contribution in [1.29, 1.82) is 0 Å². The first kappa shape index (κ1) is 33.8. The Morgan fingerprint density at radius 2 is 1.70 bits per heavy atom. The summed E-state index contributed by atoms with van der Waals surface area (Å²) in [6.45, 7) is 12.8. The van der Waals surface area contributed by atoms with E-state index in [0.717, 1.165) is 31.3 Å². The Kier molecular flexibility index (Phi) is 8.86. The number of hydrogen-bond acceptors (Lipinski definition) is 8. The van der Waals surface area contributed by atoms with Crippen molar-refractivity contribution in [3.05, 3.63) is 11.6 Å². The summed E-state index contributed by atoms with van der Waals surface area (Å²) in [6.07, 6.45) is 4.37. The van der Waals surface area contributed by atoms with Crippen LogP contribution in [0.4, 0.5) is 0 Å². The molecule has 248 valence electrons. The molecular formula is C33H56O9S. The number of aliphatic hydroxyl groups excluding tert-OH is 3. The van der Waals surface area contributed by atoms with Crippen LogP contribution in [0.1, 0.15) is 106 Å². The Balaban J connectivity index is 1.49. The van der Waals surface area contributed by atoms with Crippen LogP contribution in [0.3, 0.4) is 0 Å². The van der Waals surface area contributed by atoms with E-state index in [1.54, 1.807) is 0 Å². The average Bonchev–Trinajstić information content (AvgIpc) is 3.27. The molecule has 5 rings (SSSR count). The minimum absolute atomic E-state index is 0.00639. The fraction of sp³-hybridized carbons (Fsp3) is 0.939. The molecule has 4 fully saturated rings. The van der Waals surface area contributed by atoms with E-state index < -0.39 is 56.6 Å². The fourth-order valence-electron chi connectivity index (χ4n) is 11.1. The van der Waals surface area contributed by atoms with Gasteiger partial charge in [0.15, 0.2) is 11.9 Å². The van der Waals surface area contributed by atoms with Gasteiger partial charge in [-0.15, -0.1) is 0 Å². The molecular weight excluding hydrogens is 572 g/mol. The number of hydrogen-bond donors (Lipinski definition) is 6. The molecule has 3 saturated carbocycles. The average molecular weight is 629 g/mol. The largest absolute Gasteiger partial charge is 0.393 e. The van der Waals surface area contributed by atoms with Crippen LogP contribution in [0.15, 0.2) is 11.6 Å². The number of aliphatic hydroxyl groups is 5. The van der Waals surface area contributed by atoms with Crippen LogP contribution in [0.25, 0.3) is 0 Å². The van der Waals surface area contributed by atoms with E-state index in [4.69, 9.17) is 4.74 Å². The van der Waals surface area contributed by atoms with E-state index in [1.807, 2.05) is 6.92 Å². The molecule has 1 unspecified atom stereocenters. The highest BCUT2D eigenvalue weighted by molar-refractivity contribution is 7.87. The lowest BCUT2D eigenvalue weighted by Gasteiger charge is -2.64. The topological polar surface area (TPSA) is 165 Å². The van der Waals surface area contributed by atoms with Crippen LogP contribution in [0, 0.1) is 52.3 Å². The van der Waals surface area contributed by atoms with E-state index in [1.165, 1.54) is 32.6 Å². The van der Waals surface area contributed by atoms with E-state index >= 15 is 0 Å². The SMILES string of the molecule is CC(C)CCC[C@@H](C)[C@H]1CC[C@H]2[C@@H]3CC=C4C[C@@H](O)CC([C@]5(O)O[C@H](C)[C@H](O)[C@](O)(S(=O)(=O)O)[C@@H]5O)[C@@]4(C)[C@H]3CC[C@]12C. The normalized spacial score (nSPS) is 50.9. The molecule has 0 bridgehead atoms. The highest BCUT2D eigenvalue weighted by atomic mass is 32.2. The van der Waals surface area contributed by atoms with Gasteiger partial charge in [-0.3, -0.25) is 4.55 Å². The number of allylic oxidation sites excluding steroid dienone is 1. The van der Waals surface area contributed by atoms with E-state index in [-0.39, 0.29) is 17.8 Å². The molecule has 9 nitrogen and oxygen atoms in total. The minimum Gasteiger partial charge on any atom is -0.393 e. The van der Waals surface area contributed by atoms with Crippen molar-refractivity contribution in [1.82, 2.24) is 0 Å². The maximum atomic E-state index is 12.4. The Morgan fingerprint density at radius 3 is 2.33 bits per heavy atom. The minimum atomic E-state index is -5.46. The first-order chi connectivity index (χ1) is 19.8. The standard InChI is InChI=1S/C33H56O9S/c1-18(2)8-7-9-19(3)24-12-13-25-23-11-10-21-16-22(34)17-27(31(21,6)26(23)14-15-30(24,25)5)32(37)29(36)33(38,43(39,40)41)28(35)20(4)42-32/h10,18-20,22-29,34-38H,7-9,11-17H2,1-6H3,(H,39,40,41)/t19-,20-,22-,23+,24-,25+,26+,27?,28+,29-,30-,31-,32+,33+/m1/s1. The summed E-state index contributed by atoms with van der Waals surface area (Å²) < 4.78 is 40.7. The summed E-state index contributed by atoms with van der Waals surface area (Å²) in [5, 5.41) is 56.3. The van der Waals surface area contributed by atoms with Gasteiger partial charge in [0.05, 0.1) is 12.2 Å². The van der Waals surface area contributed by atoms with E-state index in [9.17, 15) is 38.5 Å². The molecule has 0 aromatic rings. The lowest BCUT2D eigenvalue weighted by Crippen LogP contribution is -2.77. The van der Waals surface area contributed by atoms with Crippen molar-refractivity contribution < 1.29 is 43.2 Å². The lowest BCUT2D eigenvalue weighted by molar-refractivity contribution is -0.387. The number of ether oxygens (including phenoxy) is 1. The smallest absolute Gasteiger partial charge is 0.300 e. The molecule has 10 heteroatoms. The van der Waals surface area contributed by atoms with Gasteiger partial charge in [0.25, 0.3) is 4.93 Å². The third kappa shape index (κ3) is 5.00. The lowest BCUT2D eigenvalue weighted by atomic mass is 9.43. The van der Waals surface area contributed by atoms with Crippen LogP contribution >= 0.6 is 0 Å². The Bertz CT molecular complexity index is 1190. The molecule has 4 aliphatic carbocycles. The second-order valence-electron chi connectivity index (χ2n) is 16.0. The summed E-state index contributed by atoms with van der Waals surface area (Å²) in [7, 11) is -5.46. The quantitative estimate of drug-likeness (QED) is 0.180. The molecule has 0 radical (unpaired) electrons. The van der Waals surface area contributed by atoms with Gasteiger partial charge in [-0.2, -0.15) is 8.42 Å². The van der Waals surface area contributed by atoms with Crippen molar-refractivity contribution >= 4 is 10.1 Å². The molecule has 5 aliphatic rings. The van der Waals surface area contributed by atoms with E-state index in [2.05, 4.69) is 33.8 Å². The molecule has 1 heterocycles. The van der Waals surface area contributed by atoms with Gasteiger partial charge in [0, 0.05) is 5.92 Å². The maximum Gasteiger partial charge on any atom is 0.300 e. The third-order valence-corrected chi connectivity index (χ3v) is 14.7. The zero-order valence-corrected chi connectivity index (χ0v) is 27.6. The number of fused-ring (bicyclic) bond motifs is 5. The molecule has 1 aliphatic heterocycles.